The molecule has 0 saturated heterocycles. The van der Waals surface area contributed by atoms with Crippen molar-refractivity contribution in [3.05, 3.63) is 78.5 Å². The Labute approximate surface area is 147 Å². The van der Waals surface area contributed by atoms with E-state index in [1.165, 1.54) is 0 Å². The lowest BCUT2D eigenvalue weighted by molar-refractivity contribution is -0.116. The van der Waals surface area contributed by atoms with Gasteiger partial charge in [-0.1, -0.05) is 42.5 Å². The lowest BCUT2D eigenvalue weighted by atomic mass is 10.1. The van der Waals surface area contributed by atoms with Crippen molar-refractivity contribution in [2.45, 2.75) is 0 Å². The molecule has 0 unspecified atom stereocenters. The highest BCUT2D eigenvalue weighted by atomic mass is 16.1. The summed E-state index contributed by atoms with van der Waals surface area (Å²) in [6.45, 7) is 1.34. The fraction of sp³-hybridized carbons (Fsp3) is 0.143. The molecule has 0 saturated carbocycles. The number of carbonyl (C=O) groups excluding carboxylic acids is 1. The first kappa shape index (κ1) is 16.7. The maximum atomic E-state index is 12.0. The van der Waals surface area contributed by atoms with E-state index in [0.29, 0.717) is 6.54 Å². The maximum absolute atomic E-state index is 12.0. The van der Waals surface area contributed by atoms with Crippen LogP contribution >= 0.6 is 0 Å². The molecular formula is C21H21N3O. The highest BCUT2D eigenvalue weighted by molar-refractivity contribution is 5.95. The van der Waals surface area contributed by atoms with Gasteiger partial charge >= 0.3 is 0 Å². The summed E-state index contributed by atoms with van der Waals surface area (Å²) in [5.41, 5.74) is 2.97. The van der Waals surface area contributed by atoms with E-state index in [-0.39, 0.29) is 5.91 Å². The molecule has 4 nitrogen and oxygen atoms in total. The standard InChI is InChI=1S/C21H21N3O/c1-24(19-10-3-2-4-11-19)16-15-22-20(25)13-12-18-8-5-7-17-9-6-14-23-21(17)18/h2-14H,15-16H2,1H3,(H,22,25)/b13-12+. The van der Waals surface area contributed by atoms with Gasteiger partial charge in [-0.3, -0.25) is 9.78 Å². The van der Waals surface area contributed by atoms with Gasteiger partial charge in [0, 0.05) is 49.0 Å². The lowest BCUT2D eigenvalue weighted by Gasteiger charge is -2.19. The number of likely N-dealkylation sites (N-methyl/N-ethyl adjacent to an activating group) is 1. The molecule has 1 amide bonds. The number of aromatic nitrogens is 1. The monoisotopic (exact) mass is 331 g/mol. The summed E-state index contributed by atoms with van der Waals surface area (Å²) in [4.78, 5) is 18.5. The Hall–Kier alpha value is -3.14. The number of anilines is 1. The van der Waals surface area contributed by atoms with Crippen molar-refractivity contribution in [2.24, 2.45) is 0 Å². The maximum Gasteiger partial charge on any atom is 0.244 e. The zero-order valence-electron chi connectivity index (χ0n) is 14.2. The van der Waals surface area contributed by atoms with E-state index in [0.717, 1.165) is 28.7 Å². The molecule has 126 valence electrons. The van der Waals surface area contributed by atoms with Gasteiger partial charge in [0.05, 0.1) is 5.52 Å². The van der Waals surface area contributed by atoms with Crippen LogP contribution in [0.15, 0.2) is 72.9 Å². The van der Waals surface area contributed by atoms with Gasteiger partial charge < -0.3 is 10.2 Å². The van der Waals surface area contributed by atoms with Crippen LogP contribution in [0.3, 0.4) is 0 Å². The Morgan fingerprint density at radius 3 is 2.72 bits per heavy atom. The Morgan fingerprint density at radius 1 is 1.08 bits per heavy atom. The van der Waals surface area contributed by atoms with Gasteiger partial charge in [-0.05, 0) is 24.3 Å². The molecule has 3 aromatic rings. The second-order valence-corrected chi connectivity index (χ2v) is 5.80. The van der Waals surface area contributed by atoms with E-state index in [2.05, 4.69) is 27.3 Å². The first-order valence-electron chi connectivity index (χ1n) is 8.30. The average Bonchev–Trinajstić information content (AvgIpc) is 2.67. The summed E-state index contributed by atoms with van der Waals surface area (Å²) < 4.78 is 0. The molecule has 4 heteroatoms. The molecule has 25 heavy (non-hydrogen) atoms. The van der Waals surface area contributed by atoms with Gasteiger partial charge in [-0.15, -0.1) is 0 Å². The van der Waals surface area contributed by atoms with Crippen molar-refractivity contribution >= 4 is 28.6 Å². The Morgan fingerprint density at radius 2 is 1.88 bits per heavy atom. The minimum atomic E-state index is -0.102. The van der Waals surface area contributed by atoms with Crippen LogP contribution in [-0.4, -0.2) is 31.0 Å². The van der Waals surface area contributed by atoms with Gasteiger partial charge in [0.1, 0.15) is 0 Å². The van der Waals surface area contributed by atoms with Crippen molar-refractivity contribution in [2.75, 3.05) is 25.0 Å². The number of nitrogens with one attached hydrogen (secondary N) is 1. The Bertz CT molecular complexity index is 869. The Balaban J connectivity index is 1.54. The molecule has 0 aliphatic carbocycles. The average molecular weight is 331 g/mol. The molecule has 2 aromatic carbocycles. The second kappa shape index (κ2) is 8.11. The van der Waals surface area contributed by atoms with Gasteiger partial charge in [0.25, 0.3) is 0 Å². The predicted octanol–water partition coefficient (Wildman–Crippen LogP) is 3.50. The highest BCUT2D eigenvalue weighted by Gasteiger charge is 2.02. The normalized spacial score (nSPS) is 10.9. The van der Waals surface area contributed by atoms with E-state index < -0.39 is 0 Å². The molecule has 0 radical (unpaired) electrons. The van der Waals surface area contributed by atoms with Crippen molar-refractivity contribution in [3.8, 4) is 0 Å². The number of rotatable bonds is 6. The van der Waals surface area contributed by atoms with Crippen LogP contribution < -0.4 is 10.2 Å². The van der Waals surface area contributed by atoms with Crippen LogP contribution in [0.5, 0.6) is 0 Å². The molecule has 0 aliphatic heterocycles. The molecule has 0 aliphatic rings. The zero-order chi connectivity index (χ0) is 17.5. The third-order valence-electron chi connectivity index (χ3n) is 4.02. The fourth-order valence-corrected chi connectivity index (χ4v) is 2.65. The van der Waals surface area contributed by atoms with Gasteiger partial charge in [0.2, 0.25) is 5.91 Å². The number of hydrogen-bond acceptors (Lipinski definition) is 3. The minimum absolute atomic E-state index is 0.102. The van der Waals surface area contributed by atoms with Crippen LogP contribution in [-0.2, 0) is 4.79 Å². The summed E-state index contributed by atoms with van der Waals surface area (Å²) in [5, 5.41) is 3.98. The van der Waals surface area contributed by atoms with E-state index in [1.54, 1.807) is 12.3 Å². The van der Waals surface area contributed by atoms with E-state index in [4.69, 9.17) is 0 Å². The summed E-state index contributed by atoms with van der Waals surface area (Å²) >= 11 is 0. The lowest BCUT2D eigenvalue weighted by Crippen LogP contribution is -2.31. The van der Waals surface area contributed by atoms with Crippen molar-refractivity contribution < 1.29 is 4.79 Å². The highest BCUT2D eigenvalue weighted by Crippen LogP contribution is 2.17. The third-order valence-corrected chi connectivity index (χ3v) is 4.02. The number of para-hydroxylation sites is 2. The first-order chi connectivity index (χ1) is 12.2. The summed E-state index contributed by atoms with van der Waals surface area (Å²) in [6.07, 6.45) is 5.14. The Kier molecular flexibility index (Phi) is 5.42. The molecule has 1 heterocycles. The number of fused-ring (bicyclic) bond motifs is 1. The number of pyridine rings is 1. The summed E-state index contributed by atoms with van der Waals surface area (Å²) in [7, 11) is 2.01. The summed E-state index contributed by atoms with van der Waals surface area (Å²) in [6, 6.07) is 20.0. The van der Waals surface area contributed by atoms with Gasteiger partial charge in [-0.25, -0.2) is 0 Å². The molecule has 0 fully saturated rings. The van der Waals surface area contributed by atoms with E-state index >= 15 is 0 Å². The van der Waals surface area contributed by atoms with Gasteiger partial charge in [-0.2, -0.15) is 0 Å². The smallest absolute Gasteiger partial charge is 0.244 e. The van der Waals surface area contributed by atoms with Crippen LogP contribution in [0.1, 0.15) is 5.56 Å². The van der Waals surface area contributed by atoms with Crippen LogP contribution in [0.25, 0.3) is 17.0 Å². The molecular weight excluding hydrogens is 310 g/mol. The fourth-order valence-electron chi connectivity index (χ4n) is 2.65. The third kappa shape index (κ3) is 4.44. The van der Waals surface area contributed by atoms with E-state index in [1.807, 2.05) is 61.7 Å². The van der Waals surface area contributed by atoms with Crippen molar-refractivity contribution in [3.63, 3.8) is 0 Å². The number of carbonyl (C=O) groups is 1. The predicted molar refractivity (Wildman–Crippen MR) is 103 cm³/mol. The van der Waals surface area contributed by atoms with Crippen LogP contribution in [0.4, 0.5) is 5.69 Å². The number of hydrogen-bond donors (Lipinski definition) is 1. The van der Waals surface area contributed by atoms with Crippen molar-refractivity contribution in [1.29, 1.82) is 0 Å². The van der Waals surface area contributed by atoms with Crippen LogP contribution in [0, 0.1) is 0 Å². The van der Waals surface area contributed by atoms with E-state index in [9.17, 15) is 4.79 Å². The number of amides is 1. The van der Waals surface area contributed by atoms with Gasteiger partial charge in [0.15, 0.2) is 0 Å². The van der Waals surface area contributed by atoms with Crippen LogP contribution in [0.2, 0.25) is 0 Å². The second-order valence-electron chi connectivity index (χ2n) is 5.80. The molecule has 0 atom stereocenters. The molecule has 0 bridgehead atoms. The summed E-state index contributed by atoms with van der Waals surface area (Å²) in [5.74, 6) is -0.102. The topological polar surface area (TPSA) is 45.2 Å². The zero-order valence-corrected chi connectivity index (χ0v) is 14.2. The molecule has 1 N–H and O–H groups in total. The minimum Gasteiger partial charge on any atom is -0.373 e. The molecule has 0 spiro atoms. The first-order valence-corrected chi connectivity index (χ1v) is 8.30. The number of benzene rings is 2. The molecule has 3 rings (SSSR count). The van der Waals surface area contributed by atoms with Crippen molar-refractivity contribution in [1.82, 2.24) is 10.3 Å². The number of nitrogens with zero attached hydrogens (tertiary/aromatic N) is 2. The quantitative estimate of drug-likeness (QED) is 0.703. The SMILES string of the molecule is CN(CCNC(=O)/C=C/c1cccc2cccnc12)c1ccccc1. The largest absolute Gasteiger partial charge is 0.373 e. The molecule has 1 aromatic heterocycles.